The third-order valence-corrected chi connectivity index (χ3v) is 4.53. The summed E-state index contributed by atoms with van der Waals surface area (Å²) in [6, 6.07) is 5.85. The van der Waals surface area contributed by atoms with E-state index in [1.54, 1.807) is 18.3 Å². The van der Waals surface area contributed by atoms with Crippen LogP contribution in [0.1, 0.15) is 18.2 Å². The van der Waals surface area contributed by atoms with Crippen molar-refractivity contribution in [2.75, 3.05) is 13.7 Å². The maximum atomic E-state index is 14.8. The zero-order valence-electron chi connectivity index (χ0n) is 14.7. The normalized spacial score (nSPS) is 18.8. The smallest absolute Gasteiger partial charge is 0.407 e. The number of oxime groups is 1. The van der Waals surface area contributed by atoms with Crippen LogP contribution >= 0.6 is 0 Å². The van der Waals surface area contributed by atoms with Crippen molar-refractivity contribution in [3.63, 3.8) is 0 Å². The Morgan fingerprint density at radius 2 is 2.33 bits per heavy atom. The number of rotatable bonds is 6. The van der Waals surface area contributed by atoms with Gasteiger partial charge in [0.05, 0.1) is 12.8 Å². The molecule has 0 radical (unpaired) electrons. The summed E-state index contributed by atoms with van der Waals surface area (Å²) in [6.07, 6.45) is 1.46. The summed E-state index contributed by atoms with van der Waals surface area (Å²) in [7, 11) is 1.40. The Bertz CT molecular complexity index is 912. The van der Waals surface area contributed by atoms with Crippen molar-refractivity contribution in [1.82, 2.24) is 15.1 Å². The summed E-state index contributed by atoms with van der Waals surface area (Å²) in [6.45, 7) is 1.62. The number of primary amides is 1. The van der Waals surface area contributed by atoms with Gasteiger partial charge in [0.25, 0.3) is 0 Å². The Balaban J connectivity index is 1.95. The van der Waals surface area contributed by atoms with E-state index in [0.717, 1.165) is 0 Å². The molecule has 0 saturated carbocycles. The monoisotopic (exact) mass is 375 g/mol. The van der Waals surface area contributed by atoms with Crippen molar-refractivity contribution in [2.24, 2.45) is 10.9 Å². The van der Waals surface area contributed by atoms with Gasteiger partial charge >= 0.3 is 6.09 Å². The fourth-order valence-corrected chi connectivity index (χ4v) is 2.86. The van der Waals surface area contributed by atoms with Crippen LogP contribution in [-0.2, 0) is 19.8 Å². The molecule has 10 heteroatoms. The summed E-state index contributed by atoms with van der Waals surface area (Å²) in [5, 5.41) is 10.2. The minimum absolute atomic E-state index is 0.100. The average molecular weight is 375 g/mol. The molecule has 1 aliphatic rings. The van der Waals surface area contributed by atoms with Gasteiger partial charge in [-0.1, -0.05) is 11.2 Å². The van der Waals surface area contributed by atoms with Gasteiger partial charge in [-0.3, -0.25) is 4.79 Å². The highest BCUT2D eigenvalue weighted by molar-refractivity contribution is 5.88. The number of carbonyl (C=O) groups is 2. The first-order valence-corrected chi connectivity index (χ1v) is 8.03. The van der Waals surface area contributed by atoms with Gasteiger partial charge in [-0.25, -0.2) is 13.9 Å². The number of benzene rings is 1. The third kappa shape index (κ3) is 3.33. The molecule has 1 fully saturated rings. The number of cyclic esters (lactones) is 1. The molecular formula is C17H18FN5O4. The molecule has 2 atom stereocenters. The number of alkyl carbamates (subject to hydrolysis) is 1. The number of nitrogens with two attached hydrogens (primary N) is 1. The van der Waals surface area contributed by atoms with Crippen molar-refractivity contribution < 1.29 is 23.6 Å². The van der Waals surface area contributed by atoms with Crippen molar-refractivity contribution in [1.29, 1.82) is 0 Å². The van der Waals surface area contributed by atoms with E-state index in [1.807, 2.05) is 0 Å². The molecule has 2 unspecified atom stereocenters. The lowest BCUT2D eigenvalue weighted by Crippen LogP contribution is -2.49. The summed E-state index contributed by atoms with van der Waals surface area (Å²) in [5.41, 5.74) is 5.11. The van der Waals surface area contributed by atoms with E-state index in [9.17, 15) is 14.0 Å². The molecule has 142 valence electrons. The second-order valence-corrected chi connectivity index (χ2v) is 6.11. The Morgan fingerprint density at radius 3 is 2.93 bits per heavy atom. The maximum Gasteiger partial charge on any atom is 0.407 e. The predicted octanol–water partition coefficient (Wildman–Crippen LogP) is 0.843. The van der Waals surface area contributed by atoms with Crippen LogP contribution in [-0.4, -0.2) is 47.8 Å². The van der Waals surface area contributed by atoms with Gasteiger partial charge in [-0.05, 0) is 30.7 Å². The topological polar surface area (TPSA) is 121 Å². The number of aromatic nitrogens is 2. The fourth-order valence-electron chi connectivity index (χ4n) is 2.86. The minimum Gasteiger partial charge on any atom is -0.443 e. The number of hydrogen-bond donors (Lipinski definition) is 2. The van der Waals surface area contributed by atoms with Gasteiger partial charge in [0.2, 0.25) is 5.91 Å². The van der Waals surface area contributed by atoms with Crippen LogP contribution < -0.4 is 11.1 Å². The summed E-state index contributed by atoms with van der Waals surface area (Å²) in [4.78, 5) is 28.0. The van der Waals surface area contributed by atoms with E-state index >= 15 is 0 Å². The molecule has 3 rings (SSSR count). The van der Waals surface area contributed by atoms with Crippen LogP contribution in [0.25, 0.3) is 5.69 Å². The molecule has 1 aliphatic heterocycles. The number of carbonyl (C=O) groups excluding carboxylic acids is 2. The van der Waals surface area contributed by atoms with Crippen LogP contribution in [0, 0.1) is 5.82 Å². The molecule has 27 heavy (non-hydrogen) atoms. The summed E-state index contributed by atoms with van der Waals surface area (Å²) in [5.74, 6) is -1.34. The Kier molecular flexibility index (Phi) is 4.80. The van der Waals surface area contributed by atoms with Crippen molar-refractivity contribution >= 4 is 18.2 Å². The standard InChI is InChI=1S/C17H18FN5O4/c1-17(15(19)24,14-9-20-16(25)27-14)10-3-4-13(12(18)7-10)23-6-5-11(22-23)8-21-26-2/h3-8,14H,9H2,1-2H3,(H2,19,24)(H,20,25). The Labute approximate surface area is 153 Å². The highest BCUT2D eigenvalue weighted by atomic mass is 19.1. The lowest BCUT2D eigenvalue weighted by Gasteiger charge is -2.31. The summed E-state index contributed by atoms with van der Waals surface area (Å²) >= 11 is 0. The zero-order chi connectivity index (χ0) is 19.6. The average Bonchev–Trinajstić information content (AvgIpc) is 3.28. The van der Waals surface area contributed by atoms with Crippen molar-refractivity contribution in [3.05, 3.63) is 47.5 Å². The number of hydrogen-bond acceptors (Lipinski definition) is 6. The zero-order valence-corrected chi connectivity index (χ0v) is 14.7. The summed E-state index contributed by atoms with van der Waals surface area (Å²) < 4.78 is 21.2. The highest BCUT2D eigenvalue weighted by Crippen LogP contribution is 2.32. The Hall–Kier alpha value is -3.43. The first kappa shape index (κ1) is 18.4. The molecule has 1 aromatic heterocycles. The van der Waals surface area contributed by atoms with Gasteiger partial charge in [0, 0.05) is 6.20 Å². The second-order valence-electron chi connectivity index (χ2n) is 6.11. The second kappa shape index (κ2) is 7.06. The van der Waals surface area contributed by atoms with Gasteiger partial charge in [0.1, 0.15) is 35.8 Å². The predicted molar refractivity (Wildman–Crippen MR) is 92.9 cm³/mol. The molecule has 0 aliphatic carbocycles. The van der Waals surface area contributed by atoms with Crippen LogP contribution in [0.5, 0.6) is 0 Å². The molecule has 0 spiro atoms. The molecule has 1 saturated heterocycles. The van der Waals surface area contributed by atoms with Crippen molar-refractivity contribution in [3.8, 4) is 5.69 Å². The molecular weight excluding hydrogens is 357 g/mol. The third-order valence-electron chi connectivity index (χ3n) is 4.53. The number of amides is 2. The Morgan fingerprint density at radius 1 is 1.56 bits per heavy atom. The first-order valence-electron chi connectivity index (χ1n) is 8.03. The van der Waals surface area contributed by atoms with Gasteiger partial charge < -0.3 is 20.6 Å². The SMILES string of the molecule is CON=Cc1ccn(-c2ccc(C(C)(C(N)=O)C3CNC(=O)O3)cc2F)n1. The lowest BCUT2D eigenvalue weighted by atomic mass is 9.76. The largest absolute Gasteiger partial charge is 0.443 e. The van der Waals surface area contributed by atoms with Gasteiger partial charge in [0.15, 0.2) is 0 Å². The molecule has 2 aromatic rings. The van der Waals surface area contributed by atoms with E-state index in [4.69, 9.17) is 10.5 Å². The van der Waals surface area contributed by atoms with Crippen LogP contribution in [0.2, 0.25) is 0 Å². The number of nitrogens with zero attached hydrogens (tertiary/aromatic N) is 3. The number of ether oxygens (including phenoxy) is 1. The number of halogens is 1. The molecule has 1 aromatic carbocycles. The molecule has 3 N–H and O–H groups in total. The molecule has 0 bridgehead atoms. The van der Waals surface area contributed by atoms with E-state index in [2.05, 4.69) is 20.4 Å². The quantitative estimate of drug-likeness (QED) is 0.573. The van der Waals surface area contributed by atoms with Gasteiger partial charge in [-0.2, -0.15) is 5.10 Å². The number of nitrogens with one attached hydrogen (secondary N) is 1. The van der Waals surface area contributed by atoms with Crippen molar-refractivity contribution in [2.45, 2.75) is 18.4 Å². The van der Waals surface area contributed by atoms with E-state index in [1.165, 1.54) is 37.1 Å². The van der Waals surface area contributed by atoms with Crippen LogP contribution in [0.3, 0.4) is 0 Å². The first-order chi connectivity index (χ1) is 12.9. The minimum atomic E-state index is -1.39. The highest BCUT2D eigenvalue weighted by Gasteiger charge is 2.47. The van der Waals surface area contributed by atoms with E-state index in [0.29, 0.717) is 11.3 Å². The molecule has 9 nitrogen and oxygen atoms in total. The van der Waals surface area contributed by atoms with E-state index < -0.39 is 29.3 Å². The molecule has 2 heterocycles. The van der Waals surface area contributed by atoms with Gasteiger partial charge in [-0.15, -0.1) is 0 Å². The molecule has 2 amide bonds. The fraction of sp³-hybridized carbons (Fsp3) is 0.294. The van der Waals surface area contributed by atoms with Crippen LogP contribution in [0.15, 0.2) is 35.6 Å². The lowest BCUT2D eigenvalue weighted by molar-refractivity contribution is -0.126. The maximum absolute atomic E-state index is 14.8. The van der Waals surface area contributed by atoms with E-state index in [-0.39, 0.29) is 12.2 Å². The van der Waals surface area contributed by atoms with Crippen LogP contribution in [0.4, 0.5) is 9.18 Å².